The van der Waals surface area contributed by atoms with Gasteiger partial charge in [-0.15, -0.1) is 0 Å². The third-order valence-corrected chi connectivity index (χ3v) is 4.42. The fourth-order valence-corrected chi connectivity index (χ4v) is 3.02. The predicted octanol–water partition coefficient (Wildman–Crippen LogP) is 3.43. The number of benzene rings is 1. The number of halogens is 3. The molecule has 2 atom stereocenters. The first kappa shape index (κ1) is 15.4. The Labute approximate surface area is 125 Å². The van der Waals surface area contributed by atoms with Crippen LogP contribution >= 0.6 is 15.9 Å². The Morgan fingerprint density at radius 2 is 2.00 bits per heavy atom. The first-order valence-corrected chi connectivity index (χ1v) is 7.47. The van der Waals surface area contributed by atoms with Gasteiger partial charge in [0.05, 0.1) is 10.2 Å². The monoisotopic (exact) mass is 346 g/mol. The van der Waals surface area contributed by atoms with Crippen LogP contribution in [0.25, 0.3) is 0 Å². The average Bonchev–Trinajstić information content (AvgIpc) is 2.44. The number of amides is 1. The van der Waals surface area contributed by atoms with E-state index in [-0.39, 0.29) is 27.9 Å². The molecule has 1 aromatic carbocycles. The third kappa shape index (κ3) is 3.35. The van der Waals surface area contributed by atoms with E-state index in [9.17, 15) is 13.6 Å². The molecule has 0 aliphatic heterocycles. The number of nitrogens with two attached hydrogens (primary N) is 1. The Kier molecular flexibility index (Phi) is 5.10. The molecule has 1 aliphatic rings. The molecule has 6 heteroatoms. The van der Waals surface area contributed by atoms with E-state index in [4.69, 9.17) is 5.73 Å². The van der Waals surface area contributed by atoms with Gasteiger partial charge in [-0.05, 0) is 47.3 Å². The molecular formula is C14H17BrF2N2O. The van der Waals surface area contributed by atoms with E-state index >= 15 is 0 Å². The van der Waals surface area contributed by atoms with Gasteiger partial charge in [-0.2, -0.15) is 0 Å². The summed E-state index contributed by atoms with van der Waals surface area (Å²) in [6.45, 7) is 0.452. The van der Waals surface area contributed by atoms with E-state index in [1.807, 2.05) is 0 Å². The van der Waals surface area contributed by atoms with Crippen LogP contribution in [0.3, 0.4) is 0 Å². The highest BCUT2D eigenvalue weighted by molar-refractivity contribution is 9.10. The van der Waals surface area contributed by atoms with E-state index in [0.29, 0.717) is 6.54 Å². The lowest BCUT2D eigenvalue weighted by atomic mass is 9.78. The second-order valence-corrected chi connectivity index (χ2v) is 5.98. The maximum atomic E-state index is 13.6. The van der Waals surface area contributed by atoms with Crippen LogP contribution in [0, 0.1) is 23.5 Å². The lowest BCUT2D eigenvalue weighted by molar-refractivity contribution is -0.122. The SMILES string of the molecule is NCC1CCCCC1C(=O)Nc1cc(Br)c(F)cc1F. The largest absolute Gasteiger partial charge is 0.330 e. The maximum absolute atomic E-state index is 13.6. The van der Waals surface area contributed by atoms with Crippen molar-refractivity contribution in [3.8, 4) is 0 Å². The highest BCUT2D eigenvalue weighted by atomic mass is 79.9. The lowest BCUT2D eigenvalue weighted by Gasteiger charge is -2.29. The summed E-state index contributed by atoms with van der Waals surface area (Å²) in [6.07, 6.45) is 3.73. The number of hydrogen-bond donors (Lipinski definition) is 2. The highest BCUT2D eigenvalue weighted by Crippen LogP contribution is 2.31. The third-order valence-electron chi connectivity index (χ3n) is 3.82. The molecule has 1 amide bonds. The van der Waals surface area contributed by atoms with Gasteiger partial charge in [0.2, 0.25) is 5.91 Å². The Bertz CT molecular complexity index is 510. The number of rotatable bonds is 3. The van der Waals surface area contributed by atoms with E-state index < -0.39 is 11.6 Å². The molecule has 20 heavy (non-hydrogen) atoms. The van der Waals surface area contributed by atoms with Crippen LogP contribution in [0.5, 0.6) is 0 Å². The van der Waals surface area contributed by atoms with E-state index in [1.54, 1.807) is 0 Å². The van der Waals surface area contributed by atoms with Crippen molar-refractivity contribution in [2.45, 2.75) is 25.7 Å². The summed E-state index contributed by atoms with van der Waals surface area (Å²) in [5.41, 5.74) is 5.68. The molecule has 1 aromatic rings. The second kappa shape index (κ2) is 6.63. The first-order valence-electron chi connectivity index (χ1n) is 6.68. The van der Waals surface area contributed by atoms with Crippen LogP contribution < -0.4 is 11.1 Å². The topological polar surface area (TPSA) is 55.1 Å². The quantitative estimate of drug-likeness (QED) is 0.823. The molecule has 1 saturated carbocycles. The minimum Gasteiger partial charge on any atom is -0.330 e. The van der Waals surface area contributed by atoms with Crippen molar-refractivity contribution in [3.63, 3.8) is 0 Å². The summed E-state index contributed by atoms with van der Waals surface area (Å²) >= 11 is 2.98. The average molecular weight is 347 g/mol. The van der Waals surface area contributed by atoms with Crippen LogP contribution in [0.1, 0.15) is 25.7 Å². The molecule has 0 saturated heterocycles. The number of anilines is 1. The summed E-state index contributed by atoms with van der Waals surface area (Å²) in [5.74, 6) is -1.78. The van der Waals surface area contributed by atoms with Gasteiger partial charge in [-0.25, -0.2) is 8.78 Å². The van der Waals surface area contributed by atoms with Crippen LogP contribution in [0.4, 0.5) is 14.5 Å². The summed E-state index contributed by atoms with van der Waals surface area (Å²) < 4.78 is 26.9. The molecule has 0 radical (unpaired) electrons. The molecule has 2 rings (SSSR count). The van der Waals surface area contributed by atoms with Gasteiger partial charge in [0.1, 0.15) is 11.6 Å². The molecule has 1 fully saturated rings. The van der Waals surface area contributed by atoms with E-state index in [2.05, 4.69) is 21.2 Å². The van der Waals surface area contributed by atoms with Gasteiger partial charge in [0.25, 0.3) is 0 Å². The summed E-state index contributed by atoms with van der Waals surface area (Å²) in [5, 5.41) is 2.55. The van der Waals surface area contributed by atoms with Crippen molar-refractivity contribution < 1.29 is 13.6 Å². The Balaban J connectivity index is 2.13. The van der Waals surface area contributed by atoms with Crippen LogP contribution in [0.15, 0.2) is 16.6 Å². The molecular weight excluding hydrogens is 330 g/mol. The summed E-state index contributed by atoms with van der Waals surface area (Å²) in [6, 6.07) is 1.99. The van der Waals surface area contributed by atoms with Gasteiger partial charge in [0, 0.05) is 12.0 Å². The van der Waals surface area contributed by atoms with Crippen molar-refractivity contribution in [2.75, 3.05) is 11.9 Å². The molecule has 3 N–H and O–H groups in total. The maximum Gasteiger partial charge on any atom is 0.227 e. The van der Waals surface area contributed by atoms with Crippen molar-refractivity contribution in [3.05, 3.63) is 28.2 Å². The normalized spacial score (nSPS) is 22.6. The van der Waals surface area contributed by atoms with Crippen LogP contribution in [-0.2, 0) is 4.79 Å². The van der Waals surface area contributed by atoms with Gasteiger partial charge >= 0.3 is 0 Å². The molecule has 110 valence electrons. The van der Waals surface area contributed by atoms with Gasteiger partial charge in [-0.3, -0.25) is 4.79 Å². The Morgan fingerprint density at radius 3 is 2.70 bits per heavy atom. The minimum atomic E-state index is -0.779. The lowest BCUT2D eigenvalue weighted by Crippen LogP contribution is -2.35. The molecule has 1 aliphatic carbocycles. The number of carbonyl (C=O) groups excluding carboxylic acids is 1. The first-order chi connectivity index (χ1) is 9.52. The molecule has 0 spiro atoms. The zero-order valence-corrected chi connectivity index (χ0v) is 12.6. The Hall–Kier alpha value is -1.01. The fourth-order valence-electron chi connectivity index (χ4n) is 2.68. The fraction of sp³-hybridized carbons (Fsp3) is 0.500. The summed E-state index contributed by atoms with van der Waals surface area (Å²) in [4.78, 5) is 12.2. The van der Waals surface area contributed by atoms with Crippen molar-refractivity contribution in [1.82, 2.24) is 0 Å². The number of hydrogen-bond acceptors (Lipinski definition) is 2. The van der Waals surface area contributed by atoms with Gasteiger partial charge in [-0.1, -0.05) is 12.8 Å². The second-order valence-electron chi connectivity index (χ2n) is 5.12. The molecule has 3 nitrogen and oxygen atoms in total. The van der Waals surface area contributed by atoms with Gasteiger partial charge in [0.15, 0.2) is 0 Å². The molecule has 2 unspecified atom stereocenters. The van der Waals surface area contributed by atoms with Crippen LogP contribution in [0.2, 0.25) is 0 Å². The van der Waals surface area contributed by atoms with Gasteiger partial charge < -0.3 is 11.1 Å². The minimum absolute atomic E-state index is 0.00961. The van der Waals surface area contributed by atoms with Crippen molar-refractivity contribution in [1.29, 1.82) is 0 Å². The van der Waals surface area contributed by atoms with E-state index in [1.165, 1.54) is 6.07 Å². The van der Waals surface area contributed by atoms with Crippen molar-refractivity contribution >= 4 is 27.5 Å². The van der Waals surface area contributed by atoms with Crippen molar-refractivity contribution in [2.24, 2.45) is 17.6 Å². The molecule has 0 aromatic heterocycles. The van der Waals surface area contributed by atoms with E-state index in [0.717, 1.165) is 31.7 Å². The summed E-state index contributed by atoms with van der Waals surface area (Å²) in [7, 11) is 0. The molecule has 0 heterocycles. The number of nitrogens with one attached hydrogen (secondary N) is 1. The molecule has 0 bridgehead atoms. The predicted molar refractivity (Wildman–Crippen MR) is 77.2 cm³/mol. The smallest absolute Gasteiger partial charge is 0.227 e. The standard InChI is InChI=1S/C14H17BrF2N2O/c15-10-5-13(12(17)6-11(10)16)19-14(20)9-4-2-1-3-8(9)7-18/h5-6,8-9H,1-4,7,18H2,(H,19,20). The number of carbonyl (C=O) groups is 1. The highest BCUT2D eigenvalue weighted by Gasteiger charge is 2.30. The zero-order chi connectivity index (χ0) is 14.7. The van der Waals surface area contributed by atoms with Crippen LogP contribution in [-0.4, -0.2) is 12.5 Å². The Morgan fingerprint density at radius 1 is 1.30 bits per heavy atom. The zero-order valence-electron chi connectivity index (χ0n) is 11.0.